The summed E-state index contributed by atoms with van der Waals surface area (Å²) < 4.78 is 0. The van der Waals surface area contributed by atoms with Crippen LogP contribution in [0, 0.1) is 5.92 Å². The molecule has 90 valence electrons. The molecule has 1 aliphatic rings. The summed E-state index contributed by atoms with van der Waals surface area (Å²) in [6, 6.07) is 0.353. The highest BCUT2D eigenvalue weighted by Gasteiger charge is 2.23. The summed E-state index contributed by atoms with van der Waals surface area (Å²) in [4.78, 5) is 0. The van der Waals surface area contributed by atoms with Crippen LogP contribution >= 0.6 is 0 Å². The fourth-order valence-electron chi connectivity index (χ4n) is 2.66. The molecule has 2 nitrogen and oxygen atoms in total. The molecule has 1 rings (SSSR count). The van der Waals surface area contributed by atoms with E-state index in [2.05, 4.69) is 19.2 Å². The van der Waals surface area contributed by atoms with Gasteiger partial charge in [-0.2, -0.15) is 0 Å². The van der Waals surface area contributed by atoms with Gasteiger partial charge in [0.05, 0.1) is 0 Å². The molecule has 1 saturated carbocycles. The third-order valence-electron chi connectivity index (χ3n) is 3.36. The highest BCUT2D eigenvalue weighted by atomic mass is 16.3. The maximum Gasteiger partial charge on any atom is 0.113 e. The summed E-state index contributed by atoms with van der Waals surface area (Å²) in [5.74, 6) is 0.860. The molecule has 1 aliphatic carbocycles. The third kappa shape index (κ3) is 5.53. The Morgan fingerprint density at radius 1 is 1.27 bits per heavy atom. The van der Waals surface area contributed by atoms with Crippen LogP contribution in [0.1, 0.15) is 65.7 Å². The third-order valence-corrected chi connectivity index (χ3v) is 3.36. The summed E-state index contributed by atoms with van der Waals surface area (Å²) in [5.41, 5.74) is -0.675. The maximum atomic E-state index is 10.1. The van der Waals surface area contributed by atoms with Crippen LogP contribution < -0.4 is 5.32 Å². The zero-order valence-electron chi connectivity index (χ0n) is 10.6. The number of hydrogen-bond donors (Lipinski definition) is 2. The van der Waals surface area contributed by atoms with E-state index < -0.39 is 5.72 Å². The number of nitrogens with one attached hydrogen (secondary N) is 1. The van der Waals surface area contributed by atoms with Crippen molar-refractivity contribution in [1.29, 1.82) is 0 Å². The summed E-state index contributed by atoms with van der Waals surface area (Å²) in [5, 5.41) is 13.3. The number of rotatable bonds is 5. The molecule has 0 aromatic carbocycles. The normalized spacial score (nSPS) is 23.0. The Kier molecular flexibility index (Phi) is 5.07. The van der Waals surface area contributed by atoms with Crippen molar-refractivity contribution in [2.24, 2.45) is 5.92 Å². The lowest BCUT2D eigenvalue weighted by molar-refractivity contribution is 0.00104. The molecule has 0 amide bonds. The molecule has 0 aromatic rings. The monoisotopic (exact) mass is 213 g/mol. The van der Waals surface area contributed by atoms with E-state index in [-0.39, 0.29) is 0 Å². The van der Waals surface area contributed by atoms with Gasteiger partial charge < -0.3 is 5.11 Å². The minimum atomic E-state index is -0.675. The second-order valence-electron chi connectivity index (χ2n) is 5.62. The first-order valence-corrected chi connectivity index (χ1v) is 6.50. The van der Waals surface area contributed by atoms with Gasteiger partial charge in [-0.1, -0.05) is 32.1 Å². The fraction of sp³-hybridized carbons (Fsp3) is 1.00. The van der Waals surface area contributed by atoms with Gasteiger partial charge in [0.2, 0.25) is 0 Å². The Morgan fingerprint density at radius 3 is 2.40 bits per heavy atom. The Morgan fingerprint density at radius 2 is 1.87 bits per heavy atom. The zero-order chi connectivity index (χ0) is 11.3. The second-order valence-corrected chi connectivity index (χ2v) is 5.62. The number of hydrogen-bond acceptors (Lipinski definition) is 2. The van der Waals surface area contributed by atoms with E-state index in [4.69, 9.17) is 0 Å². The van der Waals surface area contributed by atoms with Crippen LogP contribution in [0.4, 0.5) is 0 Å². The Balaban J connectivity index is 2.21. The van der Waals surface area contributed by atoms with Gasteiger partial charge in [0.15, 0.2) is 0 Å². The molecule has 0 aromatic heterocycles. The van der Waals surface area contributed by atoms with E-state index in [1.54, 1.807) is 0 Å². The zero-order valence-corrected chi connectivity index (χ0v) is 10.6. The molecule has 0 heterocycles. The van der Waals surface area contributed by atoms with Crippen LogP contribution in [0.3, 0.4) is 0 Å². The van der Waals surface area contributed by atoms with Gasteiger partial charge in [-0.05, 0) is 39.5 Å². The summed E-state index contributed by atoms with van der Waals surface area (Å²) in [7, 11) is 0. The van der Waals surface area contributed by atoms with Gasteiger partial charge >= 0.3 is 0 Å². The van der Waals surface area contributed by atoms with Crippen molar-refractivity contribution in [3.8, 4) is 0 Å². The second kappa shape index (κ2) is 5.86. The van der Waals surface area contributed by atoms with Crippen LogP contribution in [0.25, 0.3) is 0 Å². The molecular formula is C13H27NO. The smallest absolute Gasteiger partial charge is 0.113 e. The summed E-state index contributed by atoms with van der Waals surface area (Å²) in [6.07, 6.45) is 9.00. The van der Waals surface area contributed by atoms with Crippen molar-refractivity contribution >= 4 is 0 Å². The molecule has 1 atom stereocenters. The summed E-state index contributed by atoms with van der Waals surface area (Å²) >= 11 is 0. The van der Waals surface area contributed by atoms with E-state index in [1.807, 2.05) is 6.92 Å². The van der Waals surface area contributed by atoms with E-state index in [0.29, 0.717) is 6.04 Å². The highest BCUT2D eigenvalue weighted by Crippen LogP contribution is 2.28. The van der Waals surface area contributed by atoms with E-state index in [9.17, 15) is 5.11 Å². The molecule has 1 fully saturated rings. The lowest BCUT2D eigenvalue weighted by Gasteiger charge is -2.30. The molecule has 0 saturated heterocycles. The van der Waals surface area contributed by atoms with Crippen molar-refractivity contribution in [3.05, 3.63) is 0 Å². The summed E-state index contributed by atoms with van der Waals surface area (Å²) in [6.45, 7) is 6.06. The van der Waals surface area contributed by atoms with Gasteiger partial charge in [0, 0.05) is 6.04 Å². The Hall–Kier alpha value is -0.0800. The average molecular weight is 213 g/mol. The van der Waals surface area contributed by atoms with Gasteiger partial charge in [-0.25, -0.2) is 0 Å². The fourth-order valence-corrected chi connectivity index (χ4v) is 2.66. The minimum Gasteiger partial charge on any atom is -0.376 e. The largest absolute Gasteiger partial charge is 0.376 e. The Bertz CT molecular complexity index is 171. The van der Waals surface area contributed by atoms with E-state index >= 15 is 0 Å². The van der Waals surface area contributed by atoms with Crippen molar-refractivity contribution in [2.45, 2.75) is 77.5 Å². The number of aliphatic hydroxyl groups is 1. The first-order valence-electron chi connectivity index (χ1n) is 6.50. The molecule has 0 bridgehead atoms. The molecule has 2 N–H and O–H groups in total. The van der Waals surface area contributed by atoms with Crippen LogP contribution in [0.5, 0.6) is 0 Å². The quantitative estimate of drug-likeness (QED) is 0.688. The molecule has 15 heavy (non-hydrogen) atoms. The van der Waals surface area contributed by atoms with E-state index in [0.717, 1.165) is 12.3 Å². The first-order chi connectivity index (χ1) is 6.99. The minimum absolute atomic E-state index is 0.353. The maximum absolute atomic E-state index is 10.1. The van der Waals surface area contributed by atoms with Crippen molar-refractivity contribution in [2.75, 3.05) is 0 Å². The van der Waals surface area contributed by atoms with Crippen LogP contribution in [0.2, 0.25) is 0 Å². The molecule has 0 aliphatic heterocycles. The molecule has 0 spiro atoms. The van der Waals surface area contributed by atoms with Crippen molar-refractivity contribution in [1.82, 2.24) is 5.32 Å². The van der Waals surface area contributed by atoms with E-state index in [1.165, 1.54) is 38.5 Å². The molecule has 1 unspecified atom stereocenters. The lowest BCUT2D eigenvalue weighted by Crippen LogP contribution is -2.46. The molecule has 0 radical (unpaired) electrons. The van der Waals surface area contributed by atoms with Crippen molar-refractivity contribution in [3.63, 3.8) is 0 Å². The SMILES string of the molecule is CC(C)NC(C)(O)CCC1CCCCC1. The topological polar surface area (TPSA) is 32.3 Å². The van der Waals surface area contributed by atoms with Gasteiger partial charge in [0.25, 0.3) is 0 Å². The van der Waals surface area contributed by atoms with Gasteiger partial charge in [0.1, 0.15) is 5.72 Å². The van der Waals surface area contributed by atoms with Crippen LogP contribution in [0.15, 0.2) is 0 Å². The van der Waals surface area contributed by atoms with Crippen molar-refractivity contribution < 1.29 is 5.11 Å². The van der Waals surface area contributed by atoms with Crippen LogP contribution in [-0.4, -0.2) is 16.9 Å². The predicted molar refractivity (Wildman–Crippen MR) is 64.7 cm³/mol. The van der Waals surface area contributed by atoms with Gasteiger partial charge in [-0.3, -0.25) is 5.32 Å². The van der Waals surface area contributed by atoms with Gasteiger partial charge in [-0.15, -0.1) is 0 Å². The molecule has 2 heteroatoms. The molecular weight excluding hydrogens is 186 g/mol. The van der Waals surface area contributed by atoms with Crippen LogP contribution in [-0.2, 0) is 0 Å². The Labute approximate surface area is 94.5 Å². The standard InChI is InChI=1S/C13H27NO/c1-11(2)14-13(3,15)10-9-12-7-5-4-6-8-12/h11-12,14-15H,4-10H2,1-3H3. The lowest BCUT2D eigenvalue weighted by atomic mass is 9.85. The average Bonchev–Trinajstić information content (AvgIpc) is 2.15. The first kappa shape index (κ1) is 13.0. The predicted octanol–water partition coefficient (Wildman–Crippen LogP) is 3.05. The highest BCUT2D eigenvalue weighted by molar-refractivity contribution is 4.75.